The van der Waals surface area contributed by atoms with Crippen LogP contribution in [0, 0.1) is 5.82 Å². The normalized spacial score (nSPS) is 11.4. The largest absolute Gasteiger partial charge is 0.484 e. The number of halogens is 4. The molecule has 2 amide bonds. The first-order valence-corrected chi connectivity index (χ1v) is 10.5. The summed E-state index contributed by atoms with van der Waals surface area (Å²) in [6, 6.07) is 11.2. The van der Waals surface area contributed by atoms with Gasteiger partial charge in [0.05, 0.1) is 17.6 Å². The van der Waals surface area contributed by atoms with Crippen LogP contribution < -0.4 is 15.4 Å². The molecule has 188 valence electrons. The molecule has 4 rings (SSSR count). The Kier molecular flexibility index (Phi) is 7.12. The van der Waals surface area contributed by atoms with Crippen LogP contribution in [0.5, 0.6) is 5.75 Å². The van der Waals surface area contributed by atoms with Gasteiger partial charge >= 0.3 is 18.0 Å². The number of para-hydroxylation sites is 2. The van der Waals surface area contributed by atoms with Crippen molar-refractivity contribution in [3.05, 3.63) is 71.9 Å². The number of fused-ring (bicyclic) bond motifs is 1. The van der Waals surface area contributed by atoms with Crippen LogP contribution >= 0.6 is 0 Å². The van der Waals surface area contributed by atoms with Crippen LogP contribution in [0.2, 0.25) is 0 Å². The highest BCUT2D eigenvalue weighted by atomic mass is 19.4. The van der Waals surface area contributed by atoms with Crippen LogP contribution in [-0.4, -0.2) is 51.2 Å². The quantitative estimate of drug-likeness (QED) is 0.264. The molecule has 0 atom stereocenters. The molecule has 0 aliphatic heterocycles. The van der Waals surface area contributed by atoms with Crippen LogP contribution in [0.15, 0.2) is 53.1 Å². The number of carbonyl (C=O) groups is 2. The van der Waals surface area contributed by atoms with E-state index >= 15 is 0 Å². The van der Waals surface area contributed by atoms with Crippen molar-refractivity contribution < 1.29 is 36.4 Å². The maximum atomic E-state index is 13.4. The topological polar surface area (TPSA) is 124 Å². The van der Waals surface area contributed by atoms with Crippen LogP contribution in [-0.2, 0) is 17.5 Å². The molecule has 10 nitrogen and oxygen atoms in total. The van der Waals surface area contributed by atoms with Crippen molar-refractivity contribution in [1.82, 2.24) is 30.3 Å². The van der Waals surface area contributed by atoms with Gasteiger partial charge in [-0.2, -0.15) is 18.2 Å². The third-order valence-electron chi connectivity index (χ3n) is 4.79. The second-order valence-electron chi connectivity index (χ2n) is 7.37. The maximum absolute atomic E-state index is 13.4. The number of benzene rings is 2. The second kappa shape index (κ2) is 10.4. The Hall–Kier alpha value is -4.49. The molecule has 14 heteroatoms. The van der Waals surface area contributed by atoms with E-state index in [1.807, 2.05) is 0 Å². The number of carbonyl (C=O) groups excluding carboxylic acids is 2. The highest BCUT2D eigenvalue weighted by molar-refractivity contribution is 5.89. The lowest BCUT2D eigenvalue weighted by Gasteiger charge is -2.09. The monoisotopic (exact) mass is 506 g/mol. The van der Waals surface area contributed by atoms with Crippen molar-refractivity contribution in [2.45, 2.75) is 12.7 Å². The Morgan fingerprint density at radius 2 is 1.72 bits per heavy atom. The summed E-state index contributed by atoms with van der Waals surface area (Å²) in [7, 11) is 0. The summed E-state index contributed by atoms with van der Waals surface area (Å²) in [5.74, 6) is -3.08. The molecule has 0 unspecified atom stereocenters. The summed E-state index contributed by atoms with van der Waals surface area (Å²) >= 11 is 0. The molecule has 2 aromatic carbocycles. The molecule has 0 bridgehead atoms. The zero-order chi connectivity index (χ0) is 25.7. The van der Waals surface area contributed by atoms with E-state index in [1.54, 1.807) is 12.1 Å². The Morgan fingerprint density at radius 1 is 1.00 bits per heavy atom. The summed E-state index contributed by atoms with van der Waals surface area (Å²) in [5, 5.41) is 8.53. The van der Waals surface area contributed by atoms with Crippen LogP contribution in [0.1, 0.15) is 22.3 Å². The van der Waals surface area contributed by atoms with E-state index in [0.29, 0.717) is 5.75 Å². The third kappa shape index (κ3) is 5.95. The fraction of sp³-hybridized carbons (Fsp3) is 0.227. The lowest BCUT2D eigenvalue weighted by molar-refractivity contribution is -0.146. The molecule has 0 spiro atoms. The number of amides is 2. The minimum Gasteiger partial charge on any atom is -0.484 e. The number of alkyl halides is 3. The third-order valence-corrected chi connectivity index (χ3v) is 4.79. The van der Waals surface area contributed by atoms with Gasteiger partial charge in [-0.05, 0) is 36.4 Å². The molecule has 0 fully saturated rings. The van der Waals surface area contributed by atoms with Gasteiger partial charge in [0.15, 0.2) is 12.4 Å². The van der Waals surface area contributed by atoms with Crippen LogP contribution in [0.25, 0.3) is 11.0 Å². The average Bonchev–Trinajstić information content (AvgIpc) is 3.47. The summed E-state index contributed by atoms with van der Waals surface area (Å²) in [4.78, 5) is 31.5. The summed E-state index contributed by atoms with van der Waals surface area (Å²) in [5.41, 5.74) is 0.371. The van der Waals surface area contributed by atoms with Crippen molar-refractivity contribution in [1.29, 1.82) is 0 Å². The Morgan fingerprint density at radius 3 is 2.47 bits per heavy atom. The number of ether oxygens (including phenoxy) is 1. The summed E-state index contributed by atoms with van der Waals surface area (Å²) in [6.07, 6.45) is -4.71. The fourth-order valence-electron chi connectivity index (χ4n) is 3.19. The van der Waals surface area contributed by atoms with Crippen LogP contribution in [0.3, 0.4) is 0 Å². The van der Waals surface area contributed by atoms with E-state index < -0.39 is 42.1 Å². The summed E-state index contributed by atoms with van der Waals surface area (Å²) < 4.78 is 64.1. The van der Waals surface area contributed by atoms with Gasteiger partial charge in [0, 0.05) is 13.1 Å². The SMILES string of the molecule is O=C(COc1ccc(F)cc1)NCCNC(=O)c1nc(Cn2c(C(F)(F)F)nc3ccccc32)no1. The lowest BCUT2D eigenvalue weighted by Crippen LogP contribution is -2.36. The van der Waals surface area contributed by atoms with E-state index in [-0.39, 0.29) is 36.6 Å². The average molecular weight is 506 g/mol. The first kappa shape index (κ1) is 24.6. The smallest absolute Gasteiger partial charge is 0.449 e. The maximum Gasteiger partial charge on any atom is 0.449 e. The molecular weight excluding hydrogens is 488 g/mol. The highest BCUT2D eigenvalue weighted by Gasteiger charge is 2.38. The molecule has 0 radical (unpaired) electrons. The number of imidazole rings is 1. The zero-order valence-electron chi connectivity index (χ0n) is 18.4. The van der Waals surface area contributed by atoms with Gasteiger partial charge < -0.3 is 24.5 Å². The number of hydrogen-bond donors (Lipinski definition) is 2. The molecule has 36 heavy (non-hydrogen) atoms. The Bertz CT molecular complexity index is 1370. The second-order valence-corrected chi connectivity index (χ2v) is 7.37. The van der Waals surface area contributed by atoms with Gasteiger partial charge in [-0.15, -0.1) is 0 Å². The van der Waals surface area contributed by atoms with E-state index in [0.717, 1.165) is 4.57 Å². The molecule has 4 aromatic rings. The predicted molar refractivity (Wildman–Crippen MR) is 115 cm³/mol. The number of rotatable bonds is 9. The molecule has 0 aliphatic rings. The van der Waals surface area contributed by atoms with Gasteiger partial charge in [-0.1, -0.05) is 17.3 Å². The van der Waals surface area contributed by atoms with Gasteiger partial charge in [0.1, 0.15) is 11.6 Å². The first-order valence-electron chi connectivity index (χ1n) is 10.5. The minimum absolute atomic E-state index is 0.00319. The highest BCUT2D eigenvalue weighted by Crippen LogP contribution is 2.31. The van der Waals surface area contributed by atoms with E-state index in [4.69, 9.17) is 9.26 Å². The van der Waals surface area contributed by atoms with E-state index in [1.165, 1.54) is 36.4 Å². The molecule has 2 heterocycles. The number of nitrogens with zero attached hydrogens (tertiary/aromatic N) is 4. The standard InChI is InChI=1S/C22H18F4N6O4/c23-13-5-7-14(8-6-13)35-12-18(33)27-9-10-28-19(34)20-30-17(31-36-20)11-32-16-4-2-1-3-15(16)29-21(32)22(24,25)26/h1-8H,9-12H2,(H,27,33)(H,28,34). The number of nitrogens with one attached hydrogen (secondary N) is 2. The first-order chi connectivity index (χ1) is 17.2. The molecular formula is C22H18F4N6O4. The van der Waals surface area contributed by atoms with Gasteiger partial charge in [0.2, 0.25) is 5.82 Å². The molecule has 2 N–H and O–H groups in total. The van der Waals surface area contributed by atoms with Crippen molar-refractivity contribution in [2.24, 2.45) is 0 Å². The van der Waals surface area contributed by atoms with Gasteiger partial charge in [-0.25, -0.2) is 9.37 Å². The number of hydrogen-bond acceptors (Lipinski definition) is 7. The van der Waals surface area contributed by atoms with Crippen molar-refractivity contribution in [2.75, 3.05) is 19.7 Å². The lowest BCUT2D eigenvalue weighted by atomic mass is 10.3. The number of aromatic nitrogens is 4. The van der Waals surface area contributed by atoms with Gasteiger partial charge in [0.25, 0.3) is 5.91 Å². The fourth-order valence-corrected chi connectivity index (χ4v) is 3.19. The van der Waals surface area contributed by atoms with Crippen molar-refractivity contribution >= 4 is 22.8 Å². The minimum atomic E-state index is -4.71. The van der Waals surface area contributed by atoms with Gasteiger partial charge in [-0.3, -0.25) is 9.59 Å². The molecule has 0 saturated heterocycles. The van der Waals surface area contributed by atoms with E-state index in [9.17, 15) is 27.2 Å². The predicted octanol–water partition coefficient (Wildman–Crippen LogP) is 2.55. The molecule has 0 aliphatic carbocycles. The van der Waals surface area contributed by atoms with E-state index in [2.05, 4.69) is 25.8 Å². The molecule has 0 saturated carbocycles. The molecule has 2 aromatic heterocycles. The van der Waals surface area contributed by atoms with Crippen molar-refractivity contribution in [3.8, 4) is 5.75 Å². The van der Waals surface area contributed by atoms with Crippen LogP contribution in [0.4, 0.5) is 17.6 Å². The van der Waals surface area contributed by atoms with Crippen molar-refractivity contribution in [3.63, 3.8) is 0 Å². The zero-order valence-corrected chi connectivity index (χ0v) is 18.4. The summed E-state index contributed by atoms with van der Waals surface area (Å²) in [6.45, 7) is -0.677. The Labute approximate surface area is 200 Å². The Balaban J connectivity index is 1.28.